The molecule has 2 aromatic rings. The lowest BCUT2D eigenvalue weighted by Crippen LogP contribution is -2.30. The van der Waals surface area contributed by atoms with Gasteiger partial charge in [0.15, 0.2) is 0 Å². The molecule has 4 nitrogen and oxygen atoms in total. The molecule has 0 spiro atoms. The van der Waals surface area contributed by atoms with Crippen molar-refractivity contribution in [3.05, 3.63) is 52.9 Å². The molecule has 1 aromatic heterocycles. The van der Waals surface area contributed by atoms with Gasteiger partial charge in [-0.1, -0.05) is 18.2 Å². The molecule has 0 bridgehead atoms. The van der Waals surface area contributed by atoms with Gasteiger partial charge in [-0.25, -0.2) is 0 Å². The molecule has 0 aliphatic carbocycles. The number of carbonyl (C=O) groups excluding carboxylic acids is 1. The maximum atomic E-state index is 12.1. The zero-order valence-corrected chi connectivity index (χ0v) is 12.2. The summed E-state index contributed by atoms with van der Waals surface area (Å²) in [5.41, 5.74) is 1.43. The van der Waals surface area contributed by atoms with Gasteiger partial charge in [0.1, 0.15) is 12.4 Å². The Labute approximate surface area is 122 Å². The molecule has 0 aliphatic heterocycles. The fourth-order valence-corrected chi connectivity index (χ4v) is 1.96. The van der Waals surface area contributed by atoms with Gasteiger partial charge >= 0.3 is 0 Å². The van der Waals surface area contributed by atoms with Gasteiger partial charge in [-0.15, -0.1) is 0 Å². The third-order valence-corrected chi connectivity index (χ3v) is 3.27. The summed E-state index contributed by atoms with van der Waals surface area (Å²) in [5.74, 6) is 0.645. The van der Waals surface area contributed by atoms with Gasteiger partial charge < -0.3 is 14.1 Å². The first-order valence-corrected chi connectivity index (χ1v) is 6.64. The number of likely N-dealkylation sites (N-methyl/N-ethyl adjacent to an activating group) is 1. The highest BCUT2D eigenvalue weighted by Gasteiger charge is 2.17. The lowest BCUT2D eigenvalue weighted by Gasteiger charge is -2.17. The van der Waals surface area contributed by atoms with E-state index in [1.54, 1.807) is 18.0 Å². The monoisotopic (exact) mass is 293 g/mol. The average molecular weight is 294 g/mol. The molecule has 5 heteroatoms. The first kappa shape index (κ1) is 14.5. The first-order valence-electron chi connectivity index (χ1n) is 6.26. The number of amides is 1. The Balaban J connectivity index is 1.87. The number of halogens is 1. The standard InChI is InChI=1S/C15H16ClNO3/c1-11-5-3-4-6-13(11)19-10-8-17(2)15(18)12-7-9-20-14(12)16/h3-7,9H,8,10H2,1-2H3. The van der Waals surface area contributed by atoms with Crippen molar-refractivity contribution in [2.75, 3.05) is 20.2 Å². The summed E-state index contributed by atoms with van der Waals surface area (Å²) in [6.07, 6.45) is 1.40. The van der Waals surface area contributed by atoms with E-state index in [2.05, 4.69) is 0 Å². The van der Waals surface area contributed by atoms with E-state index in [1.165, 1.54) is 6.26 Å². The van der Waals surface area contributed by atoms with Crippen LogP contribution in [0.15, 0.2) is 41.0 Å². The van der Waals surface area contributed by atoms with Gasteiger partial charge in [0, 0.05) is 7.05 Å². The third-order valence-electron chi connectivity index (χ3n) is 2.97. The van der Waals surface area contributed by atoms with Crippen molar-refractivity contribution in [1.29, 1.82) is 0 Å². The van der Waals surface area contributed by atoms with Gasteiger partial charge in [0.25, 0.3) is 5.91 Å². The summed E-state index contributed by atoms with van der Waals surface area (Å²) in [7, 11) is 1.70. The smallest absolute Gasteiger partial charge is 0.258 e. The Morgan fingerprint density at radius 3 is 2.75 bits per heavy atom. The minimum Gasteiger partial charge on any atom is -0.491 e. The summed E-state index contributed by atoms with van der Waals surface area (Å²) >= 11 is 5.78. The molecule has 0 saturated heterocycles. The molecule has 0 fully saturated rings. The largest absolute Gasteiger partial charge is 0.491 e. The van der Waals surface area contributed by atoms with Gasteiger partial charge in [-0.3, -0.25) is 4.79 Å². The van der Waals surface area contributed by atoms with Crippen molar-refractivity contribution < 1.29 is 13.9 Å². The van der Waals surface area contributed by atoms with E-state index in [1.807, 2.05) is 31.2 Å². The zero-order chi connectivity index (χ0) is 14.5. The van der Waals surface area contributed by atoms with Crippen molar-refractivity contribution in [3.8, 4) is 5.75 Å². The van der Waals surface area contributed by atoms with E-state index in [9.17, 15) is 4.79 Å². The predicted molar refractivity (Wildman–Crippen MR) is 77.4 cm³/mol. The SMILES string of the molecule is Cc1ccccc1OCCN(C)C(=O)c1ccoc1Cl. The Kier molecular flexibility index (Phi) is 4.69. The Bertz CT molecular complexity index is 594. The summed E-state index contributed by atoms with van der Waals surface area (Å²) in [6, 6.07) is 9.32. The molecule has 0 atom stereocenters. The van der Waals surface area contributed by atoms with E-state index < -0.39 is 0 Å². The minimum atomic E-state index is -0.183. The molecule has 106 valence electrons. The second-order valence-corrected chi connectivity index (χ2v) is 4.79. The molecule has 0 saturated carbocycles. The molecule has 0 N–H and O–H groups in total. The van der Waals surface area contributed by atoms with Gasteiger partial charge in [-0.2, -0.15) is 0 Å². The Hall–Kier alpha value is -1.94. The number of hydrogen-bond donors (Lipinski definition) is 0. The van der Waals surface area contributed by atoms with E-state index >= 15 is 0 Å². The zero-order valence-electron chi connectivity index (χ0n) is 11.4. The maximum absolute atomic E-state index is 12.1. The van der Waals surface area contributed by atoms with Gasteiger partial charge in [0.05, 0.1) is 18.4 Å². The highest BCUT2D eigenvalue weighted by molar-refractivity contribution is 6.32. The number of furan rings is 1. The highest BCUT2D eigenvalue weighted by Crippen LogP contribution is 2.18. The summed E-state index contributed by atoms with van der Waals surface area (Å²) in [4.78, 5) is 13.6. The molecular formula is C15H16ClNO3. The lowest BCUT2D eigenvalue weighted by molar-refractivity contribution is 0.0773. The third kappa shape index (κ3) is 3.33. The molecular weight excluding hydrogens is 278 g/mol. The molecule has 1 heterocycles. The van der Waals surface area contributed by atoms with Crippen LogP contribution in [-0.4, -0.2) is 31.0 Å². The quantitative estimate of drug-likeness (QED) is 0.848. The number of carbonyl (C=O) groups is 1. The van der Waals surface area contributed by atoms with E-state index in [0.29, 0.717) is 18.7 Å². The van der Waals surface area contributed by atoms with Crippen molar-refractivity contribution >= 4 is 17.5 Å². The van der Waals surface area contributed by atoms with Gasteiger partial charge in [-0.05, 0) is 36.2 Å². The molecule has 2 rings (SSSR count). The van der Waals surface area contributed by atoms with E-state index in [4.69, 9.17) is 20.8 Å². The molecule has 0 aliphatic rings. The fourth-order valence-electron chi connectivity index (χ4n) is 1.76. The van der Waals surface area contributed by atoms with Crippen LogP contribution >= 0.6 is 11.6 Å². The van der Waals surface area contributed by atoms with Crippen molar-refractivity contribution in [3.63, 3.8) is 0 Å². The molecule has 1 aromatic carbocycles. The Morgan fingerprint density at radius 1 is 1.35 bits per heavy atom. The summed E-state index contributed by atoms with van der Waals surface area (Å²) in [6.45, 7) is 2.87. The number of hydrogen-bond acceptors (Lipinski definition) is 3. The molecule has 20 heavy (non-hydrogen) atoms. The van der Waals surface area contributed by atoms with Crippen molar-refractivity contribution in [2.24, 2.45) is 0 Å². The van der Waals surface area contributed by atoms with E-state index in [0.717, 1.165) is 11.3 Å². The number of rotatable bonds is 5. The average Bonchev–Trinajstić information content (AvgIpc) is 2.86. The second kappa shape index (κ2) is 6.48. The van der Waals surface area contributed by atoms with Gasteiger partial charge in [0.2, 0.25) is 5.22 Å². The number of ether oxygens (including phenoxy) is 1. The fraction of sp³-hybridized carbons (Fsp3) is 0.267. The van der Waals surface area contributed by atoms with Crippen molar-refractivity contribution in [2.45, 2.75) is 6.92 Å². The van der Waals surface area contributed by atoms with Crippen LogP contribution in [0.2, 0.25) is 5.22 Å². The molecule has 1 amide bonds. The Morgan fingerprint density at radius 2 is 2.10 bits per heavy atom. The second-order valence-electron chi connectivity index (χ2n) is 4.45. The minimum absolute atomic E-state index is 0.113. The van der Waals surface area contributed by atoms with Crippen LogP contribution in [0.5, 0.6) is 5.75 Å². The number of aryl methyl sites for hydroxylation is 1. The van der Waals surface area contributed by atoms with Crippen LogP contribution in [0.3, 0.4) is 0 Å². The van der Waals surface area contributed by atoms with Crippen LogP contribution in [0, 0.1) is 6.92 Å². The predicted octanol–water partition coefficient (Wildman–Crippen LogP) is 3.39. The number of nitrogens with zero attached hydrogens (tertiary/aromatic N) is 1. The highest BCUT2D eigenvalue weighted by atomic mass is 35.5. The van der Waals surface area contributed by atoms with Crippen LogP contribution in [0.25, 0.3) is 0 Å². The van der Waals surface area contributed by atoms with Crippen LogP contribution in [-0.2, 0) is 0 Å². The van der Waals surface area contributed by atoms with E-state index in [-0.39, 0.29) is 11.1 Å². The molecule has 0 radical (unpaired) electrons. The normalized spacial score (nSPS) is 10.3. The van der Waals surface area contributed by atoms with Crippen LogP contribution in [0.4, 0.5) is 0 Å². The van der Waals surface area contributed by atoms with Crippen LogP contribution in [0.1, 0.15) is 15.9 Å². The van der Waals surface area contributed by atoms with Crippen molar-refractivity contribution in [1.82, 2.24) is 4.90 Å². The topological polar surface area (TPSA) is 42.7 Å². The van der Waals surface area contributed by atoms with Crippen LogP contribution < -0.4 is 4.74 Å². The first-order chi connectivity index (χ1) is 9.59. The molecule has 0 unspecified atom stereocenters. The number of benzene rings is 1. The summed E-state index contributed by atoms with van der Waals surface area (Å²) in [5, 5.41) is 0.113. The summed E-state index contributed by atoms with van der Waals surface area (Å²) < 4.78 is 10.6. The maximum Gasteiger partial charge on any atom is 0.258 e. The number of para-hydroxylation sites is 1. The lowest BCUT2D eigenvalue weighted by atomic mass is 10.2.